The topological polar surface area (TPSA) is 94.0 Å². The van der Waals surface area contributed by atoms with Crippen LogP contribution in [0.3, 0.4) is 0 Å². The number of hydrogen-bond donors (Lipinski definition) is 2. The highest BCUT2D eigenvalue weighted by atomic mass is 16.5. The normalized spacial score (nSPS) is 15.0. The van der Waals surface area contributed by atoms with Gasteiger partial charge in [-0.3, -0.25) is 9.78 Å². The van der Waals surface area contributed by atoms with Crippen LogP contribution in [0.2, 0.25) is 0 Å². The van der Waals surface area contributed by atoms with E-state index in [0.29, 0.717) is 29.2 Å². The van der Waals surface area contributed by atoms with Crippen LogP contribution in [0.25, 0.3) is 11.0 Å². The van der Waals surface area contributed by atoms with Crippen molar-refractivity contribution in [2.45, 2.75) is 25.5 Å². The molecule has 0 saturated carbocycles. The fraction of sp³-hybridized carbons (Fsp3) is 0.368. The molecule has 27 heavy (non-hydrogen) atoms. The molecule has 3 aromatic heterocycles. The highest BCUT2D eigenvalue weighted by molar-refractivity contribution is 6.04. The second kappa shape index (κ2) is 7.71. The van der Waals surface area contributed by atoms with Gasteiger partial charge in [-0.1, -0.05) is 6.07 Å². The van der Waals surface area contributed by atoms with Crippen molar-refractivity contribution in [2.24, 2.45) is 7.05 Å². The summed E-state index contributed by atoms with van der Waals surface area (Å²) in [5.41, 5.74) is 1.84. The number of nitrogens with zero attached hydrogens (tertiary/aromatic N) is 4. The molecule has 0 bridgehead atoms. The number of aryl methyl sites for hydroxylation is 1. The van der Waals surface area contributed by atoms with E-state index in [1.165, 1.54) is 0 Å². The molecule has 1 fully saturated rings. The molecule has 3 aromatic rings. The van der Waals surface area contributed by atoms with Crippen molar-refractivity contribution in [1.29, 1.82) is 0 Å². The quantitative estimate of drug-likeness (QED) is 0.709. The lowest BCUT2D eigenvalue weighted by Gasteiger charge is -2.23. The van der Waals surface area contributed by atoms with Gasteiger partial charge in [0, 0.05) is 25.4 Å². The van der Waals surface area contributed by atoms with Crippen LogP contribution >= 0.6 is 0 Å². The Morgan fingerprint density at radius 1 is 1.30 bits per heavy atom. The number of hydrogen-bond acceptors (Lipinski definition) is 6. The second-order valence-corrected chi connectivity index (χ2v) is 6.60. The molecule has 1 aliphatic heterocycles. The molecular weight excluding hydrogens is 344 g/mol. The van der Waals surface area contributed by atoms with Crippen molar-refractivity contribution >= 4 is 16.9 Å². The van der Waals surface area contributed by atoms with Crippen molar-refractivity contribution in [3.05, 3.63) is 47.9 Å². The second-order valence-electron chi connectivity index (χ2n) is 6.60. The Morgan fingerprint density at radius 3 is 2.93 bits per heavy atom. The minimum atomic E-state index is -0.156. The minimum Gasteiger partial charge on any atom is -0.471 e. The number of rotatable bonds is 5. The Labute approximate surface area is 157 Å². The number of nitrogens with one attached hydrogen (secondary N) is 2. The first-order chi connectivity index (χ1) is 13.2. The number of carbonyl (C=O) groups excluding carboxylic acids is 1. The van der Waals surface area contributed by atoms with E-state index >= 15 is 0 Å². The highest BCUT2D eigenvalue weighted by Gasteiger charge is 2.21. The monoisotopic (exact) mass is 366 g/mol. The van der Waals surface area contributed by atoms with Crippen molar-refractivity contribution in [2.75, 3.05) is 13.1 Å². The SMILES string of the molecule is Cn1nc(C(=O)NC2CCNCC2)c2ccc(OCc3ccccn3)nc21. The maximum atomic E-state index is 12.7. The van der Waals surface area contributed by atoms with Gasteiger partial charge in [-0.15, -0.1) is 0 Å². The lowest BCUT2D eigenvalue weighted by atomic mass is 10.1. The van der Waals surface area contributed by atoms with Gasteiger partial charge in [0.15, 0.2) is 11.3 Å². The predicted octanol–water partition coefficient (Wildman–Crippen LogP) is 1.42. The molecule has 0 aliphatic carbocycles. The molecule has 1 aliphatic rings. The largest absolute Gasteiger partial charge is 0.471 e. The Balaban J connectivity index is 1.51. The molecule has 4 heterocycles. The van der Waals surface area contributed by atoms with Crippen LogP contribution in [-0.4, -0.2) is 44.8 Å². The van der Waals surface area contributed by atoms with E-state index < -0.39 is 0 Å². The van der Waals surface area contributed by atoms with E-state index in [-0.39, 0.29) is 11.9 Å². The Bertz CT molecular complexity index is 934. The van der Waals surface area contributed by atoms with E-state index in [1.54, 1.807) is 24.0 Å². The van der Waals surface area contributed by atoms with Gasteiger partial charge in [-0.05, 0) is 44.1 Å². The van der Waals surface area contributed by atoms with Crippen LogP contribution in [0, 0.1) is 0 Å². The van der Waals surface area contributed by atoms with Gasteiger partial charge in [0.1, 0.15) is 6.61 Å². The molecule has 8 nitrogen and oxygen atoms in total. The number of piperidine rings is 1. The van der Waals surface area contributed by atoms with Gasteiger partial charge in [0.25, 0.3) is 5.91 Å². The summed E-state index contributed by atoms with van der Waals surface area (Å²) in [6.45, 7) is 2.18. The third-order valence-electron chi connectivity index (χ3n) is 4.64. The van der Waals surface area contributed by atoms with Gasteiger partial charge < -0.3 is 15.4 Å². The van der Waals surface area contributed by atoms with Crippen molar-refractivity contribution in [3.63, 3.8) is 0 Å². The van der Waals surface area contributed by atoms with Crippen LogP contribution in [0.5, 0.6) is 5.88 Å². The van der Waals surface area contributed by atoms with Crippen LogP contribution in [0.15, 0.2) is 36.5 Å². The van der Waals surface area contributed by atoms with Gasteiger partial charge >= 0.3 is 0 Å². The molecular formula is C19H22N6O2. The fourth-order valence-corrected chi connectivity index (χ4v) is 3.21. The summed E-state index contributed by atoms with van der Waals surface area (Å²) in [4.78, 5) is 21.4. The maximum Gasteiger partial charge on any atom is 0.272 e. The smallest absolute Gasteiger partial charge is 0.272 e. The summed E-state index contributed by atoms with van der Waals surface area (Å²) < 4.78 is 7.34. The van der Waals surface area contributed by atoms with Crippen LogP contribution in [0.1, 0.15) is 29.0 Å². The number of ether oxygens (including phenoxy) is 1. The zero-order valence-corrected chi connectivity index (χ0v) is 15.2. The van der Waals surface area contributed by atoms with Gasteiger partial charge in [-0.2, -0.15) is 10.1 Å². The third-order valence-corrected chi connectivity index (χ3v) is 4.64. The van der Waals surface area contributed by atoms with E-state index in [1.807, 2.05) is 24.3 Å². The van der Waals surface area contributed by atoms with E-state index in [2.05, 4.69) is 25.7 Å². The molecule has 0 atom stereocenters. The summed E-state index contributed by atoms with van der Waals surface area (Å²) in [7, 11) is 1.78. The number of carbonyl (C=O) groups is 1. The molecule has 0 radical (unpaired) electrons. The summed E-state index contributed by atoms with van der Waals surface area (Å²) in [5, 5.41) is 11.5. The van der Waals surface area contributed by atoms with E-state index in [0.717, 1.165) is 31.6 Å². The first kappa shape index (κ1) is 17.4. The average molecular weight is 366 g/mol. The summed E-state index contributed by atoms with van der Waals surface area (Å²) in [6, 6.07) is 9.45. The van der Waals surface area contributed by atoms with E-state index in [9.17, 15) is 4.79 Å². The molecule has 0 unspecified atom stereocenters. The van der Waals surface area contributed by atoms with Gasteiger partial charge in [0.05, 0.1) is 11.1 Å². The summed E-state index contributed by atoms with van der Waals surface area (Å²) in [5.74, 6) is 0.318. The number of pyridine rings is 2. The Kier molecular flexibility index (Phi) is 4.97. The molecule has 2 N–H and O–H groups in total. The lowest BCUT2D eigenvalue weighted by Crippen LogP contribution is -2.42. The molecule has 8 heteroatoms. The average Bonchev–Trinajstić information content (AvgIpc) is 3.04. The van der Waals surface area contributed by atoms with E-state index in [4.69, 9.17) is 4.74 Å². The molecule has 0 spiro atoms. The molecule has 140 valence electrons. The number of amides is 1. The van der Waals surface area contributed by atoms with Crippen LogP contribution in [0.4, 0.5) is 0 Å². The zero-order valence-electron chi connectivity index (χ0n) is 15.2. The van der Waals surface area contributed by atoms with Crippen LogP contribution < -0.4 is 15.4 Å². The molecule has 4 rings (SSSR count). The molecule has 1 saturated heterocycles. The summed E-state index contributed by atoms with van der Waals surface area (Å²) in [6.07, 6.45) is 3.59. The van der Waals surface area contributed by atoms with Gasteiger partial charge in [0.2, 0.25) is 5.88 Å². The summed E-state index contributed by atoms with van der Waals surface area (Å²) >= 11 is 0. The highest BCUT2D eigenvalue weighted by Crippen LogP contribution is 2.20. The number of fused-ring (bicyclic) bond motifs is 1. The molecule has 1 amide bonds. The van der Waals surface area contributed by atoms with Crippen molar-refractivity contribution < 1.29 is 9.53 Å². The third kappa shape index (κ3) is 3.90. The first-order valence-corrected chi connectivity index (χ1v) is 9.09. The Morgan fingerprint density at radius 2 is 2.15 bits per heavy atom. The first-order valence-electron chi connectivity index (χ1n) is 9.09. The maximum absolute atomic E-state index is 12.7. The lowest BCUT2D eigenvalue weighted by molar-refractivity contribution is 0.0925. The van der Waals surface area contributed by atoms with Crippen molar-refractivity contribution in [3.8, 4) is 5.88 Å². The minimum absolute atomic E-state index is 0.156. The van der Waals surface area contributed by atoms with Crippen molar-refractivity contribution in [1.82, 2.24) is 30.4 Å². The van der Waals surface area contributed by atoms with Gasteiger partial charge in [-0.25, -0.2) is 4.68 Å². The zero-order chi connectivity index (χ0) is 18.6. The predicted molar refractivity (Wildman–Crippen MR) is 100 cm³/mol. The van der Waals surface area contributed by atoms with Crippen LogP contribution in [-0.2, 0) is 13.7 Å². The standard InChI is InChI=1S/C19H22N6O2/c1-25-18-15(17(24-25)19(26)22-13-7-10-20-11-8-13)5-6-16(23-18)27-12-14-4-2-3-9-21-14/h2-6,9,13,20H,7-8,10-12H2,1H3,(H,22,26). The fourth-order valence-electron chi connectivity index (χ4n) is 3.21. The Hall–Kier alpha value is -3.00. The number of aromatic nitrogens is 4. The molecule has 0 aromatic carbocycles.